The summed E-state index contributed by atoms with van der Waals surface area (Å²) in [6.45, 7) is 4.76. The van der Waals surface area contributed by atoms with Crippen molar-refractivity contribution >= 4 is 11.9 Å². The zero-order chi connectivity index (χ0) is 15.5. The number of nitrogens with zero attached hydrogens (tertiary/aromatic N) is 1. The van der Waals surface area contributed by atoms with E-state index >= 15 is 0 Å². The van der Waals surface area contributed by atoms with Gasteiger partial charge in [-0.25, -0.2) is 0 Å². The van der Waals surface area contributed by atoms with E-state index in [1.165, 1.54) is 0 Å². The van der Waals surface area contributed by atoms with Gasteiger partial charge in [-0.05, 0) is 38.0 Å². The third-order valence-corrected chi connectivity index (χ3v) is 3.92. The van der Waals surface area contributed by atoms with Gasteiger partial charge in [0.05, 0.1) is 18.4 Å². The van der Waals surface area contributed by atoms with Crippen LogP contribution in [0.3, 0.4) is 0 Å². The van der Waals surface area contributed by atoms with Crippen molar-refractivity contribution in [3.05, 3.63) is 29.8 Å². The highest BCUT2D eigenvalue weighted by Crippen LogP contribution is 2.30. The number of likely N-dealkylation sites (tertiary alicyclic amines) is 1. The Kier molecular flexibility index (Phi) is 4.50. The van der Waals surface area contributed by atoms with Gasteiger partial charge in [0.15, 0.2) is 0 Å². The van der Waals surface area contributed by atoms with Crippen LogP contribution in [-0.4, -0.2) is 41.6 Å². The van der Waals surface area contributed by atoms with Gasteiger partial charge in [0.1, 0.15) is 5.75 Å². The van der Waals surface area contributed by atoms with Crippen molar-refractivity contribution in [3.8, 4) is 5.75 Å². The lowest BCUT2D eigenvalue weighted by Gasteiger charge is -2.20. The summed E-state index contributed by atoms with van der Waals surface area (Å²) >= 11 is 0. The second kappa shape index (κ2) is 6.16. The summed E-state index contributed by atoms with van der Waals surface area (Å²) in [5, 5.41) is 9.16. The van der Waals surface area contributed by atoms with Gasteiger partial charge < -0.3 is 14.7 Å². The Balaban J connectivity index is 1.79. The zero-order valence-corrected chi connectivity index (χ0v) is 12.5. The Hall–Kier alpha value is -2.04. The number of amides is 1. The maximum Gasteiger partial charge on any atom is 0.311 e. The van der Waals surface area contributed by atoms with Crippen molar-refractivity contribution in [2.24, 2.45) is 5.41 Å². The Labute approximate surface area is 124 Å². The van der Waals surface area contributed by atoms with Gasteiger partial charge >= 0.3 is 5.97 Å². The van der Waals surface area contributed by atoms with Gasteiger partial charge in [0, 0.05) is 13.1 Å². The van der Waals surface area contributed by atoms with Gasteiger partial charge in [-0.1, -0.05) is 12.1 Å². The fourth-order valence-corrected chi connectivity index (χ4v) is 2.47. The summed E-state index contributed by atoms with van der Waals surface area (Å²) in [6.07, 6.45) is 0.774. The number of hydrogen-bond donors (Lipinski definition) is 1. The molecule has 1 fully saturated rings. The monoisotopic (exact) mass is 291 g/mol. The summed E-state index contributed by atoms with van der Waals surface area (Å²) in [4.78, 5) is 24.8. The molecule has 21 heavy (non-hydrogen) atoms. The predicted octanol–water partition coefficient (Wildman–Crippen LogP) is 2.09. The van der Waals surface area contributed by atoms with Crippen LogP contribution in [0.1, 0.15) is 25.3 Å². The van der Waals surface area contributed by atoms with Gasteiger partial charge in [0.2, 0.25) is 5.91 Å². The largest absolute Gasteiger partial charge is 0.493 e. The second-order valence-corrected chi connectivity index (χ2v) is 5.85. The third-order valence-electron chi connectivity index (χ3n) is 3.92. The smallest absolute Gasteiger partial charge is 0.311 e. The van der Waals surface area contributed by atoms with E-state index in [0.29, 0.717) is 19.6 Å². The molecule has 1 aliphatic heterocycles. The first-order valence-electron chi connectivity index (χ1n) is 7.11. The molecule has 1 heterocycles. The molecule has 0 spiro atoms. The molecule has 0 bridgehead atoms. The van der Waals surface area contributed by atoms with Crippen molar-refractivity contribution < 1.29 is 19.4 Å². The highest BCUT2D eigenvalue weighted by Gasteiger charge is 2.41. The van der Waals surface area contributed by atoms with E-state index in [-0.39, 0.29) is 18.9 Å². The normalized spacial score (nSPS) is 21.3. The predicted molar refractivity (Wildman–Crippen MR) is 78.2 cm³/mol. The quantitative estimate of drug-likeness (QED) is 0.902. The van der Waals surface area contributed by atoms with E-state index in [1.807, 2.05) is 31.2 Å². The van der Waals surface area contributed by atoms with Crippen LogP contribution in [0.4, 0.5) is 0 Å². The SMILES string of the molecule is Cc1cccc(OCCC(=O)N2CC[C@@](C)(C(=O)O)C2)c1. The number of benzene rings is 1. The van der Waals surface area contributed by atoms with Gasteiger partial charge in [-0.15, -0.1) is 0 Å². The molecule has 0 aliphatic carbocycles. The average molecular weight is 291 g/mol. The maximum absolute atomic E-state index is 12.1. The first-order valence-corrected chi connectivity index (χ1v) is 7.11. The fraction of sp³-hybridized carbons (Fsp3) is 0.500. The number of hydrogen-bond acceptors (Lipinski definition) is 3. The van der Waals surface area contributed by atoms with Crippen LogP contribution in [0.2, 0.25) is 0 Å². The van der Waals surface area contributed by atoms with Crippen LogP contribution in [0, 0.1) is 12.3 Å². The van der Waals surface area contributed by atoms with Gasteiger partial charge in [-0.2, -0.15) is 0 Å². The summed E-state index contributed by atoms with van der Waals surface area (Å²) in [7, 11) is 0. The van der Waals surface area contributed by atoms with Crippen LogP contribution in [0.5, 0.6) is 5.75 Å². The van der Waals surface area contributed by atoms with Crippen molar-refractivity contribution in [2.75, 3.05) is 19.7 Å². The van der Waals surface area contributed by atoms with Crippen LogP contribution in [0.25, 0.3) is 0 Å². The number of carbonyl (C=O) groups is 2. The van der Waals surface area contributed by atoms with Crippen LogP contribution in [0.15, 0.2) is 24.3 Å². The molecule has 5 nitrogen and oxygen atoms in total. The Morgan fingerprint density at radius 1 is 1.43 bits per heavy atom. The fourth-order valence-electron chi connectivity index (χ4n) is 2.47. The molecule has 0 unspecified atom stereocenters. The zero-order valence-electron chi connectivity index (χ0n) is 12.5. The molecule has 114 valence electrons. The standard InChI is InChI=1S/C16H21NO4/c1-12-4-3-5-13(10-12)21-9-6-14(18)17-8-7-16(2,11-17)15(19)20/h3-5,10H,6-9,11H2,1-2H3,(H,19,20)/t16-/m1/s1. The molecule has 1 aromatic rings. The highest BCUT2D eigenvalue weighted by atomic mass is 16.5. The first kappa shape index (κ1) is 15.4. The molecule has 0 aromatic heterocycles. The minimum Gasteiger partial charge on any atom is -0.493 e. The topological polar surface area (TPSA) is 66.8 Å². The number of rotatable bonds is 5. The van der Waals surface area contributed by atoms with Crippen molar-refractivity contribution in [2.45, 2.75) is 26.7 Å². The molecule has 1 aliphatic rings. The summed E-state index contributed by atoms with van der Waals surface area (Å²) in [5.41, 5.74) is 0.295. The number of carboxylic acids is 1. The highest BCUT2D eigenvalue weighted by molar-refractivity contribution is 5.80. The summed E-state index contributed by atoms with van der Waals surface area (Å²) in [5.74, 6) is -0.138. The molecular formula is C16H21NO4. The van der Waals surface area contributed by atoms with Gasteiger partial charge in [-0.3, -0.25) is 9.59 Å². The van der Waals surface area contributed by atoms with Crippen LogP contribution < -0.4 is 4.74 Å². The van der Waals surface area contributed by atoms with Gasteiger partial charge in [0.25, 0.3) is 0 Å². The first-order chi connectivity index (χ1) is 9.90. The molecule has 1 aromatic carbocycles. The van der Waals surface area contributed by atoms with Crippen LogP contribution >= 0.6 is 0 Å². The lowest BCUT2D eigenvalue weighted by Crippen LogP contribution is -2.35. The number of ether oxygens (including phenoxy) is 1. The van der Waals surface area contributed by atoms with E-state index in [2.05, 4.69) is 0 Å². The molecule has 1 amide bonds. The van der Waals surface area contributed by atoms with E-state index in [9.17, 15) is 9.59 Å². The molecule has 1 N–H and O–H groups in total. The number of aliphatic carboxylic acids is 1. The molecule has 0 radical (unpaired) electrons. The molecule has 2 rings (SSSR count). The second-order valence-electron chi connectivity index (χ2n) is 5.85. The third kappa shape index (κ3) is 3.74. The van der Waals surface area contributed by atoms with Crippen LogP contribution in [-0.2, 0) is 9.59 Å². The molecule has 0 saturated carbocycles. The number of aryl methyl sites for hydroxylation is 1. The minimum absolute atomic E-state index is 0.0485. The van der Waals surface area contributed by atoms with Crippen molar-refractivity contribution in [1.29, 1.82) is 0 Å². The maximum atomic E-state index is 12.1. The summed E-state index contributed by atoms with van der Waals surface area (Å²) in [6, 6.07) is 7.66. The molecular weight excluding hydrogens is 270 g/mol. The Bertz CT molecular complexity index is 543. The van der Waals surface area contributed by atoms with E-state index in [0.717, 1.165) is 11.3 Å². The molecule has 5 heteroatoms. The Morgan fingerprint density at radius 3 is 2.81 bits per heavy atom. The lowest BCUT2D eigenvalue weighted by atomic mass is 9.90. The minimum atomic E-state index is -0.839. The van der Waals surface area contributed by atoms with E-state index < -0.39 is 11.4 Å². The lowest BCUT2D eigenvalue weighted by molar-refractivity contribution is -0.147. The molecule has 1 saturated heterocycles. The van der Waals surface area contributed by atoms with E-state index in [1.54, 1.807) is 11.8 Å². The van der Waals surface area contributed by atoms with Crippen molar-refractivity contribution in [1.82, 2.24) is 4.90 Å². The Morgan fingerprint density at radius 2 is 2.19 bits per heavy atom. The summed E-state index contributed by atoms with van der Waals surface area (Å²) < 4.78 is 5.55. The van der Waals surface area contributed by atoms with Crippen molar-refractivity contribution in [3.63, 3.8) is 0 Å². The van der Waals surface area contributed by atoms with E-state index in [4.69, 9.17) is 9.84 Å². The number of carbonyl (C=O) groups excluding carboxylic acids is 1. The number of carboxylic acid groups (broad SMARTS) is 1. The molecule has 1 atom stereocenters. The average Bonchev–Trinajstić information content (AvgIpc) is 2.83.